The first-order valence-electron chi connectivity index (χ1n) is 5.74. The molecular formula is C14H16O2. The highest BCUT2D eigenvalue weighted by atomic mass is 16.3. The summed E-state index contributed by atoms with van der Waals surface area (Å²) in [6.45, 7) is 4.10. The van der Waals surface area contributed by atoms with Gasteiger partial charge in [-0.05, 0) is 25.5 Å². The topological polar surface area (TPSA) is 30.2 Å². The van der Waals surface area contributed by atoms with Crippen LogP contribution in [0.2, 0.25) is 0 Å². The van der Waals surface area contributed by atoms with Gasteiger partial charge in [0.05, 0.1) is 5.39 Å². The van der Waals surface area contributed by atoms with Crippen molar-refractivity contribution >= 4 is 11.0 Å². The Morgan fingerprint density at radius 2 is 2.06 bits per heavy atom. The van der Waals surface area contributed by atoms with Crippen LogP contribution >= 0.6 is 0 Å². The molecule has 2 nitrogen and oxygen atoms in total. The lowest BCUT2D eigenvalue weighted by Crippen LogP contribution is -2.02. The second-order valence-corrected chi connectivity index (χ2v) is 4.18. The van der Waals surface area contributed by atoms with E-state index >= 15 is 0 Å². The third kappa shape index (κ3) is 2.16. The zero-order valence-electron chi connectivity index (χ0n) is 9.75. The van der Waals surface area contributed by atoms with E-state index in [9.17, 15) is 4.79 Å². The van der Waals surface area contributed by atoms with Crippen LogP contribution in [0.3, 0.4) is 0 Å². The van der Waals surface area contributed by atoms with Gasteiger partial charge in [0.1, 0.15) is 11.3 Å². The van der Waals surface area contributed by atoms with Gasteiger partial charge in [-0.1, -0.05) is 25.0 Å². The molecule has 1 aromatic carbocycles. The molecule has 0 unspecified atom stereocenters. The van der Waals surface area contributed by atoms with Crippen molar-refractivity contribution < 1.29 is 4.42 Å². The Bertz CT molecular complexity index is 552. The smallest absolute Gasteiger partial charge is 0.192 e. The molecule has 0 fully saturated rings. The molecule has 2 heteroatoms. The van der Waals surface area contributed by atoms with Crippen molar-refractivity contribution in [2.45, 2.75) is 33.1 Å². The SMILES string of the molecule is CCCCc1cc(=O)c2cc(C)ccc2o1. The third-order valence-electron chi connectivity index (χ3n) is 2.71. The molecule has 0 spiro atoms. The summed E-state index contributed by atoms with van der Waals surface area (Å²) in [4.78, 5) is 11.9. The van der Waals surface area contributed by atoms with E-state index in [4.69, 9.17) is 4.42 Å². The van der Waals surface area contributed by atoms with Crippen LogP contribution in [0.4, 0.5) is 0 Å². The monoisotopic (exact) mass is 216 g/mol. The molecule has 0 aliphatic rings. The molecule has 0 aliphatic heterocycles. The van der Waals surface area contributed by atoms with Gasteiger partial charge in [-0.3, -0.25) is 4.79 Å². The van der Waals surface area contributed by atoms with E-state index in [1.54, 1.807) is 6.07 Å². The van der Waals surface area contributed by atoms with Crippen LogP contribution in [0, 0.1) is 6.92 Å². The van der Waals surface area contributed by atoms with Crippen molar-refractivity contribution in [1.82, 2.24) is 0 Å². The van der Waals surface area contributed by atoms with Crippen LogP contribution in [-0.4, -0.2) is 0 Å². The number of aryl methyl sites for hydroxylation is 2. The molecule has 2 aromatic rings. The Morgan fingerprint density at radius 1 is 1.25 bits per heavy atom. The van der Waals surface area contributed by atoms with E-state index < -0.39 is 0 Å². The molecule has 0 saturated carbocycles. The molecule has 1 aromatic heterocycles. The molecule has 0 N–H and O–H groups in total. The zero-order chi connectivity index (χ0) is 11.5. The van der Waals surface area contributed by atoms with Gasteiger partial charge in [0, 0.05) is 12.5 Å². The summed E-state index contributed by atoms with van der Waals surface area (Å²) in [5.74, 6) is 0.795. The van der Waals surface area contributed by atoms with Crippen LogP contribution in [0.1, 0.15) is 31.1 Å². The number of benzene rings is 1. The third-order valence-corrected chi connectivity index (χ3v) is 2.71. The first kappa shape index (κ1) is 10.9. The van der Waals surface area contributed by atoms with E-state index in [2.05, 4.69) is 6.92 Å². The molecule has 0 amide bonds. The van der Waals surface area contributed by atoms with Crippen molar-refractivity contribution in [3.05, 3.63) is 45.8 Å². The van der Waals surface area contributed by atoms with Gasteiger partial charge in [0.25, 0.3) is 0 Å². The predicted molar refractivity (Wildman–Crippen MR) is 65.8 cm³/mol. The fourth-order valence-corrected chi connectivity index (χ4v) is 1.79. The lowest BCUT2D eigenvalue weighted by molar-refractivity contribution is 0.524. The molecule has 0 radical (unpaired) electrons. The quantitative estimate of drug-likeness (QED) is 0.786. The minimum atomic E-state index is 0.0658. The second kappa shape index (κ2) is 4.52. The summed E-state index contributed by atoms with van der Waals surface area (Å²) in [7, 11) is 0. The molecule has 0 aliphatic carbocycles. The molecular weight excluding hydrogens is 200 g/mol. The molecule has 0 saturated heterocycles. The first-order valence-corrected chi connectivity index (χ1v) is 5.74. The maximum Gasteiger partial charge on any atom is 0.192 e. The van der Waals surface area contributed by atoms with E-state index in [0.717, 1.165) is 30.6 Å². The van der Waals surface area contributed by atoms with E-state index in [0.29, 0.717) is 11.0 Å². The Morgan fingerprint density at radius 3 is 2.81 bits per heavy atom. The molecule has 1 heterocycles. The Hall–Kier alpha value is -1.57. The summed E-state index contributed by atoms with van der Waals surface area (Å²) in [5, 5.41) is 0.681. The standard InChI is InChI=1S/C14H16O2/c1-3-4-5-11-9-13(15)12-8-10(2)6-7-14(12)16-11/h6-9H,3-5H2,1-2H3. The number of hydrogen-bond donors (Lipinski definition) is 0. The fraction of sp³-hybridized carbons (Fsp3) is 0.357. The number of fused-ring (bicyclic) bond motifs is 1. The average Bonchev–Trinajstić information content (AvgIpc) is 2.27. The Balaban J connectivity index is 2.51. The van der Waals surface area contributed by atoms with Crippen molar-refractivity contribution in [2.75, 3.05) is 0 Å². The van der Waals surface area contributed by atoms with Gasteiger partial charge < -0.3 is 4.42 Å². The Kier molecular flexibility index (Phi) is 3.09. The number of hydrogen-bond acceptors (Lipinski definition) is 2. The lowest BCUT2D eigenvalue weighted by atomic mass is 10.1. The minimum absolute atomic E-state index is 0.0658. The summed E-state index contributed by atoms with van der Waals surface area (Å²) in [5.41, 5.74) is 1.85. The van der Waals surface area contributed by atoms with Crippen molar-refractivity contribution in [3.8, 4) is 0 Å². The average molecular weight is 216 g/mol. The van der Waals surface area contributed by atoms with Gasteiger partial charge >= 0.3 is 0 Å². The molecule has 2 rings (SSSR count). The van der Waals surface area contributed by atoms with Crippen LogP contribution in [0.15, 0.2) is 33.5 Å². The van der Waals surface area contributed by atoms with Crippen LogP contribution < -0.4 is 5.43 Å². The van der Waals surface area contributed by atoms with Crippen molar-refractivity contribution in [2.24, 2.45) is 0 Å². The van der Waals surface area contributed by atoms with Gasteiger partial charge in [-0.2, -0.15) is 0 Å². The fourth-order valence-electron chi connectivity index (χ4n) is 1.79. The lowest BCUT2D eigenvalue weighted by Gasteiger charge is -2.02. The summed E-state index contributed by atoms with van der Waals surface area (Å²) in [6, 6.07) is 7.35. The van der Waals surface area contributed by atoms with Gasteiger partial charge in [-0.25, -0.2) is 0 Å². The summed E-state index contributed by atoms with van der Waals surface area (Å²) < 4.78 is 5.70. The van der Waals surface area contributed by atoms with Gasteiger partial charge in [0.2, 0.25) is 0 Å². The molecule has 0 atom stereocenters. The molecule has 84 valence electrons. The second-order valence-electron chi connectivity index (χ2n) is 4.18. The Labute approximate surface area is 94.9 Å². The minimum Gasteiger partial charge on any atom is -0.461 e. The van der Waals surface area contributed by atoms with E-state index in [1.165, 1.54) is 0 Å². The highest BCUT2D eigenvalue weighted by Gasteiger charge is 2.04. The van der Waals surface area contributed by atoms with E-state index in [1.807, 2.05) is 25.1 Å². The highest BCUT2D eigenvalue weighted by molar-refractivity contribution is 5.77. The zero-order valence-corrected chi connectivity index (χ0v) is 9.75. The van der Waals surface area contributed by atoms with E-state index in [-0.39, 0.29) is 5.43 Å². The number of unbranched alkanes of at least 4 members (excludes halogenated alkanes) is 1. The first-order chi connectivity index (χ1) is 7.70. The summed E-state index contributed by atoms with van der Waals surface area (Å²) in [6.07, 6.45) is 3.01. The van der Waals surface area contributed by atoms with Crippen LogP contribution in [0.25, 0.3) is 11.0 Å². The molecule has 16 heavy (non-hydrogen) atoms. The van der Waals surface area contributed by atoms with Crippen molar-refractivity contribution in [3.63, 3.8) is 0 Å². The largest absolute Gasteiger partial charge is 0.461 e. The van der Waals surface area contributed by atoms with Gasteiger partial charge in [0.15, 0.2) is 5.43 Å². The van der Waals surface area contributed by atoms with Crippen LogP contribution in [0.5, 0.6) is 0 Å². The normalized spacial score (nSPS) is 10.9. The maximum atomic E-state index is 11.9. The van der Waals surface area contributed by atoms with Gasteiger partial charge in [-0.15, -0.1) is 0 Å². The highest BCUT2D eigenvalue weighted by Crippen LogP contribution is 2.15. The summed E-state index contributed by atoms with van der Waals surface area (Å²) >= 11 is 0. The van der Waals surface area contributed by atoms with Crippen LogP contribution in [-0.2, 0) is 6.42 Å². The predicted octanol–water partition coefficient (Wildman–Crippen LogP) is 3.44. The van der Waals surface area contributed by atoms with Crippen molar-refractivity contribution in [1.29, 1.82) is 0 Å². The molecule has 0 bridgehead atoms. The maximum absolute atomic E-state index is 11.9. The number of rotatable bonds is 3.